The van der Waals surface area contributed by atoms with Gasteiger partial charge in [0.25, 0.3) is 0 Å². The van der Waals surface area contributed by atoms with E-state index in [2.05, 4.69) is 11.8 Å². The molecule has 2 unspecified atom stereocenters. The predicted octanol–water partition coefficient (Wildman–Crippen LogP) is 2.64. The second-order valence-corrected chi connectivity index (χ2v) is 5.78. The van der Waals surface area contributed by atoms with Gasteiger partial charge in [-0.15, -0.1) is 0 Å². The van der Waals surface area contributed by atoms with Crippen LogP contribution in [0.4, 0.5) is 0 Å². The smallest absolute Gasteiger partial charge is 0.136 e. The highest BCUT2D eigenvalue weighted by Gasteiger charge is 2.26. The summed E-state index contributed by atoms with van der Waals surface area (Å²) < 4.78 is 5.85. The first kappa shape index (κ1) is 14.0. The number of piperidine rings is 1. The van der Waals surface area contributed by atoms with E-state index in [0.717, 1.165) is 51.8 Å². The molecular formula is C15H27NO2. The van der Waals surface area contributed by atoms with Crippen LogP contribution in [0.1, 0.15) is 51.9 Å². The molecule has 2 atom stereocenters. The lowest BCUT2D eigenvalue weighted by Gasteiger charge is -2.33. The third kappa shape index (κ3) is 4.06. The lowest BCUT2D eigenvalue weighted by atomic mass is 10.0. The Morgan fingerprint density at radius 2 is 2.22 bits per heavy atom. The minimum absolute atomic E-state index is 0.363. The van der Waals surface area contributed by atoms with Gasteiger partial charge in [0.05, 0.1) is 6.10 Å². The van der Waals surface area contributed by atoms with Gasteiger partial charge < -0.3 is 9.64 Å². The van der Waals surface area contributed by atoms with Crippen LogP contribution in [-0.2, 0) is 9.53 Å². The third-order valence-corrected chi connectivity index (χ3v) is 4.24. The minimum Gasteiger partial charge on any atom is -0.377 e. The summed E-state index contributed by atoms with van der Waals surface area (Å²) >= 11 is 0. The fraction of sp³-hybridized carbons (Fsp3) is 0.933. The van der Waals surface area contributed by atoms with Gasteiger partial charge in [0, 0.05) is 25.5 Å². The molecule has 1 saturated heterocycles. The van der Waals surface area contributed by atoms with E-state index in [-0.39, 0.29) is 0 Å². The van der Waals surface area contributed by atoms with Crippen molar-refractivity contribution < 1.29 is 9.53 Å². The average molecular weight is 253 g/mol. The Bertz CT molecular complexity index is 267. The third-order valence-electron chi connectivity index (χ3n) is 4.24. The standard InChI is InChI=1S/C15H27NO2/c1-2-11-18-14-6-4-9-16(12-14)10-8-13-5-3-7-15(13)17/h13-14H,2-12H2,1H3. The first-order valence-electron chi connectivity index (χ1n) is 7.66. The lowest BCUT2D eigenvalue weighted by molar-refractivity contribution is -0.120. The van der Waals surface area contributed by atoms with Crippen LogP contribution >= 0.6 is 0 Å². The van der Waals surface area contributed by atoms with Gasteiger partial charge in [0.1, 0.15) is 5.78 Å². The van der Waals surface area contributed by atoms with E-state index < -0.39 is 0 Å². The van der Waals surface area contributed by atoms with Gasteiger partial charge in [-0.05, 0) is 51.6 Å². The Labute approximate surface area is 111 Å². The highest BCUT2D eigenvalue weighted by atomic mass is 16.5. The number of likely N-dealkylation sites (tertiary alicyclic amines) is 1. The lowest BCUT2D eigenvalue weighted by Crippen LogP contribution is -2.40. The fourth-order valence-corrected chi connectivity index (χ4v) is 3.17. The Morgan fingerprint density at radius 1 is 1.33 bits per heavy atom. The molecule has 0 radical (unpaired) electrons. The molecule has 0 aromatic carbocycles. The summed E-state index contributed by atoms with van der Waals surface area (Å²) in [5.41, 5.74) is 0. The van der Waals surface area contributed by atoms with Crippen molar-refractivity contribution in [1.82, 2.24) is 4.90 Å². The quantitative estimate of drug-likeness (QED) is 0.729. The second kappa shape index (κ2) is 7.25. The molecule has 1 aliphatic heterocycles. The first-order valence-corrected chi connectivity index (χ1v) is 7.66. The molecule has 104 valence electrons. The van der Waals surface area contributed by atoms with Crippen LogP contribution in [0.3, 0.4) is 0 Å². The molecule has 2 fully saturated rings. The van der Waals surface area contributed by atoms with Crippen molar-refractivity contribution in [3.63, 3.8) is 0 Å². The van der Waals surface area contributed by atoms with Crippen LogP contribution in [0, 0.1) is 5.92 Å². The summed E-state index contributed by atoms with van der Waals surface area (Å²) in [4.78, 5) is 14.1. The molecule has 0 amide bonds. The molecular weight excluding hydrogens is 226 g/mol. The van der Waals surface area contributed by atoms with Gasteiger partial charge >= 0.3 is 0 Å². The number of carbonyl (C=O) groups is 1. The molecule has 0 aromatic rings. The number of ketones is 1. The van der Waals surface area contributed by atoms with Crippen molar-refractivity contribution in [3.05, 3.63) is 0 Å². The van der Waals surface area contributed by atoms with Crippen LogP contribution in [0.15, 0.2) is 0 Å². The number of hydrogen-bond acceptors (Lipinski definition) is 3. The highest BCUT2D eigenvalue weighted by molar-refractivity contribution is 5.82. The zero-order valence-electron chi connectivity index (χ0n) is 11.7. The first-order chi connectivity index (χ1) is 8.79. The maximum atomic E-state index is 11.6. The Morgan fingerprint density at radius 3 is 2.94 bits per heavy atom. The number of Topliss-reactive ketones (excluding diaryl/α,β-unsaturated/α-hetero) is 1. The van der Waals surface area contributed by atoms with Crippen LogP contribution < -0.4 is 0 Å². The zero-order valence-corrected chi connectivity index (χ0v) is 11.7. The summed E-state index contributed by atoms with van der Waals surface area (Å²) in [6.07, 6.45) is 8.12. The normalized spacial score (nSPS) is 29.9. The van der Waals surface area contributed by atoms with Gasteiger partial charge in [-0.2, -0.15) is 0 Å². The van der Waals surface area contributed by atoms with Gasteiger partial charge in [0.2, 0.25) is 0 Å². The van der Waals surface area contributed by atoms with E-state index in [0.29, 0.717) is 17.8 Å². The topological polar surface area (TPSA) is 29.5 Å². The van der Waals surface area contributed by atoms with E-state index in [1.54, 1.807) is 0 Å². The van der Waals surface area contributed by atoms with E-state index in [4.69, 9.17) is 4.74 Å². The Hall–Kier alpha value is -0.410. The minimum atomic E-state index is 0.363. The summed E-state index contributed by atoms with van der Waals surface area (Å²) in [7, 11) is 0. The van der Waals surface area contributed by atoms with Gasteiger partial charge in [-0.3, -0.25) is 4.79 Å². The fourth-order valence-electron chi connectivity index (χ4n) is 3.17. The maximum absolute atomic E-state index is 11.6. The molecule has 0 aromatic heterocycles. The summed E-state index contributed by atoms with van der Waals surface area (Å²) in [6, 6.07) is 0. The van der Waals surface area contributed by atoms with Crippen LogP contribution in [0.2, 0.25) is 0 Å². The van der Waals surface area contributed by atoms with E-state index in [1.807, 2.05) is 0 Å². The van der Waals surface area contributed by atoms with Gasteiger partial charge in [0.15, 0.2) is 0 Å². The molecule has 3 heteroatoms. The van der Waals surface area contributed by atoms with Gasteiger partial charge in [-0.25, -0.2) is 0 Å². The zero-order chi connectivity index (χ0) is 12.8. The number of nitrogens with zero attached hydrogens (tertiary/aromatic N) is 1. The van der Waals surface area contributed by atoms with Crippen molar-refractivity contribution in [2.45, 2.75) is 58.0 Å². The van der Waals surface area contributed by atoms with Crippen molar-refractivity contribution in [2.24, 2.45) is 5.92 Å². The molecule has 3 nitrogen and oxygen atoms in total. The number of hydrogen-bond donors (Lipinski definition) is 0. The average Bonchev–Trinajstić information content (AvgIpc) is 2.80. The number of ether oxygens (including phenoxy) is 1. The maximum Gasteiger partial charge on any atom is 0.136 e. The Kier molecular flexibility index (Phi) is 5.64. The summed E-state index contributed by atoms with van der Waals surface area (Å²) in [5, 5.41) is 0. The molecule has 0 N–H and O–H groups in total. The summed E-state index contributed by atoms with van der Waals surface area (Å²) in [5.74, 6) is 0.868. The van der Waals surface area contributed by atoms with Crippen LogP contribution in [0.25, 0.3) is 0 Å². The number of rotatable bonds is 6. The van der Waals surface area contributed by atoms with Crippen molar-refractivity contribution in [2.75, 3.05) is 26.2 Å². The van der Waals surface area contributed by atoms with E-state index in [9.17, 15) is 4.79 Å². The molecule has 1 saturated carbocycles. The molecule has 0 spiro atoms. The SMILES string of the molecule is CCCOC1CCCN(CCC2CCCC2=O)C1. The Balaban J connectivity index is 1.67. The van der Waals surface area contributed by atoms with Crippen molar-refractivity contribution >= 4 is 5.78 Å². The summed E-state index contributed by atoms with van der Waals surface area (Å²) in [6.45, 7) is 6.39. The molecule has 0 bridgehead atoms. The predicted molar refractivity (Wildman–Crippen MR) is 72.7 cm³/mol. The van der Waals surface area contributed by atoms with Crippen LogP contribution in [0.5, 0.6) is 0 Å². The molecule has 1 heterocycles. The van der Waals surface area contributed by atoms with Crippen molar-refractivity contribution in [1.29, 1.82) is 0 Å². The van der Waals surface area contributed by atoms with Crippen molar-refractivity contribution in [3.8, 4) is 0 Å². The molecule has 2 aliphatic rings. The second-order valence-electron chi connectivity index (χ2n) is 5.78. The largest absolute Gasteiger partial charge is 0.377 e. The monoisotopic (exact) mass is 253 g/mol. The molecule has 18 heavy (non-hydrogen) atoms. The number of carbonyl (C=O) groups excluding carboxylic acids is 1. The van der Waals surface area contributed by atoms with Crippen LogP contribution in [-0.4, -0.2) is 43.0 Å². The van der Waals surface area contributed by atoms with E-state index in [1.165, 1.54) is 19.4 Å². The highest BCUT2D eigenvalue weighted by Crippen LogP contribution is 2.25. The van der Waals surface area contributed by atoms with Gasteiger partial charge in [-0.1, -0.05) is 6.92 Å². The van der Waals surface area contributed by atoms with E-state index >= 15 is 0 Å². The molecule has 1 aliphatic carbocycles. The molecule has 2 rings (SSSR count).